The minimum Gasteiger partial charge on any atom is -0.368 e. The molecule has 4 rings (SSSR count). The molecule has 0 amide bonds. The molecule has 5 heteroatoms. The summed E-state index contributed by atoms with van der Waals surface area (Å²) in [5, 5.41) is 1.29. The predicted molar refractivity (Wildman–Crippen MR) is 106 cm³/mol. The average molecular weight is 339 g/mol. The summed E-state index contributed by atoms with van der Waals surface area (Å²) in [6.45, 7) is 10.9. The maximum Gasteiger partial charge on any atom is 0.131 e. The molecule has 0 spiro atoms. The van der Waals surface area contributed by atoms with Gasteiger partial charge in [-0.25, -0.2) is 4.98 Å². The monoisotopic (exact) mass is 339 g/mol. The summed E-state index contributed by atoms with van der Waals surface area (Å²) in [7, 11) is 4.41. The first-order valence-corrected chi connectivity index (χ1v) is 9.38. The molecule has 1 aromatic carbocycles. The van der Waals surface area contributed by atoms with E-state index >= 15 is 0 Å². The highest BCUT2D eigenvalue weighted by Crippen LogP contribution is 2.32. The van der Waals surface area contributed by atoms with Gasteiger partial charge in [-0.1, -0.05) is 11.6 Å². The highest BCUT2D eigenvalue weighted by Gasteiger charge is 2.21. The van der Waals surface area contributed by atoms with Crippen LogP contribution in [0.3, 0.4) is 0 Å². The number of nitrogens with zero attached hydrogens (tertiary/aromatic N) is 5. The summed E-state index contributed by atoms with van der Waals surface area (Å²) in [5.74, 6) is 1.14. The van der Waals surface area contributed by atoms with Gasteiger partial charge in [-0.05, 0) is 33.2 Å². The summed E-state index contributed by atoms with van der Waals surface area (Å²) in [5.41, 5.74) is 3.78. The number of likely N-dealkylation sites (N-methyl/N-ethyl adjacent to an activating group) is 2. The minimum atomic E-state index is 1.06. The van der Waals surface area contributed by atoms with Gasteiger partial charge >= 0.3 is 0 Å². The molecule has 1 aromatic heterocycles. The van der Waals surface area contributed by atoms with Crippen LogP contribution in [0, 0.1) is 6.92 Å². The molecule has 0 aliphatic carbocycles. The molecule has 25 heavy (non-hydrogen) atoms. The zero-order valence-electron chi connectivity index (χ0n) is 15.7. The zero-order valence-corrected chi connectivity index (χ0v) is 15.7. The van der Waals surface area contributed by atoms with E-state index in [1.807, 2.05) is 0 Å². The van der Waals surface area contributed by atoms with Crippen molar-refractivity contribution in [2.24, 2.45) is 0 Å². The number of fused-ring (bicyclic) bond motifs is 1. The van der Waals surface area contributed by atoms with E-state index in [-0.39, 0.29) is 0 Å². The number of benzene rings is 1. The first kappa shape index (κ1) is 16.6. The van der Waals surface area contributed by atoms with Gasteiger partial charge in [0.1, 0.15) is 5.82 Å². The van der Waals surface area contributed by atoms with E-state index in [0.717, 1.165) is 63.7 Å². The Hall–Kier alpha value is -1.85. The van der Waals surface area contributed by atoms with Crippen LogP contribution < -0.4 is 9.80 Å². The first-order valence-electron chi connectivity index (χ1n) is 9.38. The molecule has 0 saturated carbocycles. The highest BCUT2D eigenvalue weighted by atomic mass is 15.3. The molecule has 2 aliphatic rings. The van der Waals surface area contributed by atoms with Gasteiger partial charge in [0, 0.05) is 69.5 Å². The summed E-state index contributed by atoms with van der Waals surface area (Å²) in [6, 6.07) is 8.99. The lowest BCUT2D eigenvalue weighted by Crippen LogP contribution is -2.45. The fourth-order valence-electron chi connectivity index (χ4n) is 3.81. The lowest BCUT2D eigenvalue weighted by atomic mass is 10.1. The molecule has 0 atom stereocenters. The summed E-state index contributed by atoms with van der Waals surface area (Å²) in [4.78, 5) is 14.8. The van der Waals surface area contributed by atoms with E-state index < -0.39 is 0 Å². The van der Waals surface area contributed by atoms with E-state index in [1.165, 1.54) is 16.6 Å². The molecule has 0 unspecified atom stereocenters. The van der Waals surface area contributed by atoms with Gasteiger partial charge in [0.25, 0.3) is 0 Å². The predicted octanol–water partition coefficient (Wildman–Crippen LogP) is 2.05. The third kappa shape index (κ3) is 3.44. The normalized spacial score (nSPS) is 20.4. The number of pyridine rings is 1. The highest BCUT2D eigenvalue weighted by molar-refractivity contribution is 5.94. The van der Waals surface area contributed by atoms with Crippen LogP contribution in [-0.2, 0) is 0 Å². The molecule has 3 heterocycles. The van der Waals surface area contributed by atoms with Gasteiger partial charge < -0.3 is 19.6 Å². The fourth-order valence-corrected chi connectivity index (χ4v) is 3.81. The number of piperazine rings is 2. The number of anilines is 2. The van der Waals surface area contributed by atoms with Crippen molar-refractivity contribution in [3.05, 3.63) is 29.8 Å². The smallest absolute Gasteiger partial charge is 0.131 e. The Morgan fingerprint density at radius 3 is 2.00 bits per heavy atom. The van der Waals surface area contributed by atoms with Crippen molar-refractivity contribution in [2.75, 3.05) is 76.3 Å². The molecule has 134 valence electrons. The summed E-state index contributed by atoms with van der Waals surface area (Å²) < 4.78 is 0. The van der Waals surface area contributed by atoms with E-state index in [9.17, 15) is 0 Å². The largest absolute Gasteiger partial charge is 0.368 e. The summed E-state index contributed by atoms with van der Waals surface area (Å²) >= 11 is 0. The Bertz CT molecular complexity index is 743. The molecule has 2 aliphatic heterocycles. The molecule has 0 bridgehead atoms. The average Bonchev–Trinajstić information content (AvgIpc) is 2.62. The molecule has 2 saturated heterocycles. The van der Waals surface area contributed by atoms with E-state index in [2.05, 4.69) is 64.9 Å². The second kappa shape index (κ2) is 6.81. The number of rotatable bonds is 2. The lowest BCUT2D eigenvalue weighted by Gasteiger charge is -2.36. The number of aryl methyl sites for hydroxylation is 1. The van der Waals surface area contributed by atoms with Crippen LogP contribution in [-0.4, -0.2) is 81.2 Å². The van der Waals surface area contributed by atoms with Gasteiger partial charge in [0.15, 0.2) is 0 Å². The van der Waals surface area contributed by atoms with Gasteiger partial charge in [0.2, 0.25) is 0 Å². The molecular weight excluding hydrogens is 310 g/mol. The Morgan fingerprint density at radius 1 is 0.760 bits per heavy atom. The van der Waals surface area contributed by atoms with Crippen molar-refractivity contribution < 1.29 is 0 Å². The van der Waals surface area contributed by atoms with Crippen LogP contribution >= 0.6 is 0 Å². The quantitative estimate of drug-likeness (QED) is 0.834. The van der Waals surface area contributed by atoms with Crippen LogP contribution in [0.5, 0.6) is 0 Å². The van der Waals surface area contributed by atoms with Crippen molar-refractivity contribution in [1.82, 2.24) is 14.8 Å². The van der Waals surface area contributed by atoms with Crippen LogP contribution in [0.4, 0.5) is 11.5 Å². The SMILES string of the molecule is Cc1ccc2nc(N3CCN(C)CC3)cc(N3CCN(C)CC3)c2c1. The van der Waals surface area contributed by atoms with Crippen molar-refractivity contribution in [3.63, 3.8) is 0 Å². The minimum absolute atomic E-state index is 1.06. The van der Waals surface area contributed by atoms with Crippen LogP contribution in [0.15, 0.2) is 24.3 Å². The van der Waals surface area contributed by atoms with Crippen molar-refractivity contribution >= 4 is 22.4 Å². The van der Waals surface area contributed by atoms with E-state index in [0.29, 0.717) is 0 Å². The van der Waals surface area contributed by atoms with Crippen LogP contribution in [0.2, 0.25) is 0 Å². The van der Waals surface area contributed by atoms with Crippen molar-refractivity contribution in [3.8, 4) is 0 Å². The zero-order chi connectivity index (χ0) is 17.4. The van der Waals surface area contributed by atoms with Crippen LogP contribution in [0.1, 0.15) is 5.56 Å². The third-order valence-electron chi connectivity index (χ3n) is 5.60. The second-order valence-corrected chi connectivity index (χ2v) is 7.60. The Balaban J connectivity index is 1.74. The maximum atomic E-state index is 5.01. The van der Waals surface area contributed by atoms with Crippen LogP contribution in [0.25, 0.3) is 10.9 Å². The Morgan fingerprint density at radius 2 is 1.36 bits per heavy atom. The third-order valence-corrected chi connectivity index (χ3v) is 5.60. The van der Waals surface area contributed by atoms with Crippen molar-refractivity contribution in [2.45, 2.75) is 6.92 Å². The molecule has 2 aromatic rings. The second-order valence-electron chi connectivity index (χ2n) is 7.60. The molecular formula is C20H29N5. The van der Waals surface area contributed by atoms with Gasteiger partial charge in [-0.15, -0.1) is 0 Å². The molecule has 0 radical (unpaired) electrons. The number of aromatic nitrogens is 1. The standard InChI is InChI=1S/C20H29N5/c1-16-4-5-18-17(14-16)19(24-10-6-22(2)7-11-24)15-20(21-18)25-12-8-23(3)9-13-25/h4-5,14-15H,6-13H2,1-3H3. The lowest BCUT2D eigenvalue weighted by molar-refractivity contribution is 0.311. The Kier molecular flexibility index (Phi) is 4.52. The topological polar surface area (TPSA) is 25.9 Å². The molecule has 5 nitrogen and oxygen atoms in total. The Labute approximate surface area is 150 Å². The number of hydrogen-bond donors (Lipinski definition) is 0. The fraction of sp³-hybridized carbons (Fsp3) is 0.550. The molecule has 0 N–H and O–H groups in total. The molecule has 2 fully saturated rings. The van der Waals surface area contributed by atoms with Crippen molar-refractivity contribution in [1.29, 1.82) is 0 Å². The summed E-state index contributed by atoms with van der Waals surface area (Å²) in [6.07, 6.45) is 0. The van der Waals surface area contributed by atoms with E-state index in [1.54, 1.807) is 0 Å². The van der Waals surface area contributed by atoms with Gasteiger partial charge in [-0.3, -0.25) is 0 Å². The van der Waals surface area contributed by atoms with E-state index in [4.69, 9.17) is 4.98 Å². The number of hydrogen-bond acceptors (Lipinski definition) is 5. The first-order chi connectivity index (χ1) is 12.1. The van der Waals surface area contributed by atoms with Gasteiger partial charge in [-0.2, -0.15) is 0 Å². The van der Waals surface area contributed by atoms with Gasteiger partial charge in [0.05, 0.1) is 5.52 Å². The maximum absolute atomic E-state index is 5.01.